The van der Waals surface area contributed by atoms with Crippen LogP contribution >= 0.6 is 46.4 Å². The van der Waals surface area contributed by atoms with Crippen LogP contribution in [0.1, 0.15) is 61.9 Å². The fourth-order valence-electron chi connectivity index (χ4n) is 3.51. The number of alkyl halides is 2. The normalized spacial score (nSPS) is 18.4. The Morgan fingerprint density at radius 3 is 1.28 bits per heavy atom. The van der Waals surface area contributed by atoms with E-state index in [0.717, 1.165) is 36.8 Å². The monoisotopic (exact) mass is 646 g/mol. The van der Waals surface area contributed by atoms with E-state index in [1.54, 1.807) is 22.2 Å². The van der Waals surface area contributed by atoms with Crippen molar-refractivity contribution in [2.24, 2.45) is 11.7 Å². The van der Waals surface area contributed by atoms with E-state index in [1.807, 2.05) is 36.4 Å². The second-order valence-corrected chi connectivity index (χ2v) is 12.4. The van der Waals surface area contributed by atoms with Crippen molar-refractivity contribution in [3.8, 4) is 0 Å². The van der Waals surface area contributed by atoms with Crippen molar-refractivity contribution >= 4 is 56.8 Å². The molecule has 2 atom stereocenters. The first-order valence-electron chi connectivity index (χ1n) is 12.0. The Kier molecular flexibility index (Phi) is 13.2. The molecule has 2 aliphatic carbocycles. The van der Waals surface area contributed by atoms with E-state index in [1.165, 1.54) is 0 Å². The zero-order valence-corrected chi connectivity index (χ0v) is 24.8. The van der Waals surface area contributed by atoms with Crippen molar-refractivity contribution in [1.29, 1.82) is 0 Å². The van der Waals surface area contributed by atoms with Gasteiger partial charge in [0.05, 0.1) is 12.2 Å². The van der Waals surface area contributed by atoms with Gasteiger partial charge in [-0.1, -0.05) is 59.6 Å². The van der Waals surface area contributed by atoms with Crippen LogP contribution in [0.15, 0.2) is 48.5 Å². The van der Waals surface area contributed by atoms with E-state index in [2.05, 4.69) is 0 Å². The number of aliphatic hydroxyl groups excluding tert-OH is 2. The second kappa shape index (κ2) is 14.9. The molecule has 2 unspecified atom stereocenters. The summed E-state index contributed by atoms with van der Waals surface area (Å²) >= 11 is 24.3. The van der Waals surface area contributed by atoms with Crippen LogP contribution in [0.3, 0.4) is 0 Å². The maximum atomic E-state index is 10.0. The maximum absolute atomic E-state index is 10.0. The predicted octanol–water partition coefficient (Wildman–Crippen LogP) is 4.68. The number of hydrazine groups is 2. The lowest BCUT2D eigenvalue weighted by Gasteiger charge is -2.23. The molecule has 0 saturated heterocycles. The summed E-state index contributed by atoms with van der Waals surface area (Å²) in [5.41, 5.74) is 1.48. The largest absolute Gasteiger partial charge is 0.394 e. The number of rotatable bonds is 10. The van der Waals surface area contributed by atoms with Gasteiger partial charge in [0.25, 0.3) is 0 Å². The highest BCUT2D eigenvalue weighted by Gasteiger charge is 2.45. The zero-order chi connectivity index (χ0) is 29.4. The van der Waals surface area contributed by atoms with Crippen LogP contribution in [0.2, 0.25) is 10.0 Å². The molecule has 2 aromatic rings. The molecule has 0 aliphatic heterocycles. The first-order chi connectivity index (χ1) is 18.1. The maximum Gasteiger partial charge on any atom is 0.394 e. The standard InChI is InChI=1S/2C12H16Cl2N2O.H2O4S/c2*13-10-4-2-1-3-9(10)11(17)5-8-16(15)12(14)6-7-12;1-5(2,3)4/h2*1-4,11,17H,5-8,15H2;(H2,1,2,3,4). The highest BCUT2D eigenvalue weighted by molar-refractivity contribution is 7.79. The number of hydrogen-bond donors (Lipinski definition) is 6. The van der Waals surface area contributed by atoms with Crippen LogP contribution in [0, 0.1) is 0 Å². The third kappa shape index (κ3) is 12.3. The lowest BCUT2D eigenvalue weighted by Crippen LogP contribution is -2.40. The van der Waals surface area contributed by atoms with Gasteiger partial charge >= 0.3 is 10.4 Å². The van der Waals surface area contributed by atoms with Crippen molar-refractivity contribution in [3.05, 3.63) is 69.7 Å². The van der Waals surface area contributed by atoms with Crippen molar-refractivity contribution in [2.75, 3.05) is 13.1 Å². The fourth-order valence-corrected chi connectivity index (χ4v) is 4.39. The van der Waals surface area contributed by atoms with Crippen LogP contribution < -0.4 is 11.7 Å². The molecule has 4 rings (SSSR count). The van der Waals surface area contributed by atoms with E-state index in [0.29, 0.717) is 36.0 Å². The quantitative estimate of drug-likeness (QED) is 0.0698. The van der Waals surface area contributed by atoms with Crippen molar-refractivity contribution in [3.63, 3.8) is 0 Å². The summed E-state index contributed by atoms with van der Waals surface area (Å²) in [4.78, 5) is -0.750. The number of halogens is 4. The van der Waals surface area contributed by atoms with Gasteiger partial charge in [0.2, 0.25) is 0 Å². The lowest BCUT2D eigenvalue weighted by molar-refractivity contribution is 0.134. The van der Waals surface area contributed by atoms with Gasteiger partial charge in [-0.05, 0) is 61.8 Å². The number of nitrogens with two attached hydrogens (primary N) is 2. The SMILES string of the molecule is NN(CCC(O)c1ccccc1Cl)C1(Cl)CC1.NN(CCC(O)c1ccccc1Cl)C1(Cl)CC1.O=S(=O)(O)O. The van der Waals surface area contributed by atoms with Crippen LogP contribution in [-0.4, -0.2) is 60.8 Å². The summed E-state index contributed by atoms with van der Waals surface area (Å²) in [7, 11) is -4.67. The molecule has 0 bridgehead atoms. The van der Waals surface area contributed by atoms with Crippen LogP contribution in [0.25, 0.3) is 0 Å². The van der Waals surface area contributed by atoms with Gasteiger partial charge in [-0.25, -0.2) is 10.0 Å². The molecule has 39 heavy (non-hydrogen) atoms. The van der Waals surface area contributed by atoms with Gasteiger partial charge in [-0.3, -0.25) is 20.8 Å². The van der Waals surface area contributed by atoms with E-state index in [-0.39, 0.29) is 10.00 Å². The summed E-state index contributed by atoms with van der Waals surface area (Å²) in [6, 6.07) is 14.6. The average molecular weight is 648 g/mol. The number of nitrogens with zero attached hydrogens (tertiary/aromatic N) is 2. The summed E-state index contributed by atoms with van der Waals surface area (Å²) < 4.78 is 31.6. The highest BCUT2D eigenvalue weighted by Crippen LogP contribution is 2.45. The Morgan fingerprint density at radius 2 is 1.03 bits per heavy atom. The molecular formula is C24H34Cl4N4O6S. The zero-order valence-electron chi connectivity index (χ0n) is 21.0. The van der Waals surface area contributed by atoms with Crippen molar-refractivity contribution in [2.45, 2.75) is 60.7 Å². The molecule has 2 fully saturated rings. The fraction of sp³-hybridized carbons (Fsp3) is 0.500. The van der Waals surface area contributed by atoms with Gasteiger partial charge in [-0.15, -0.1) is 23.2 Å². The summed E-state index contributed by atoms with van der Waals surface area (Å²) in [5.74, 6) is 11.7. The molecule has 0 heterocycles. The molecule has 220 valence electrons. The molecule has 2 aromatic carbocycles. The molecule has 15 heteroatoms. The smallest absolute Gasteiger partial charge is 0.388 e. The molecule has 8 N–H and O–H groups in total. The van der Waals surface area contributed by atoms with Gasteiger partial charge in [0.1, 0.15) is 10.00 Å². The average Bonchev–Trinajstić information content (AvgIpc) is 3.79. The summed E-state index contributed by atoms with van der Waals surface area (Å²) in [6.07, 6.45) is 3.48. The van der Waals surface area contributed by atoms with Gasteiger partial charge < -0.3 is 10.2 Å². The van der Waals surface area contributed by atoms with E-state index < -0.39 is 22.6 Å². The lowest BCUT2D eigenvalue weighted by atomic mass is 10.1. The Bertz CT molecular complexity index is 1090. The predicted molar refractivity (Wildman–Crippen MR) is 154 cm³/mol. The molecule has 0 spiro atoms. The molecular weight excluding hydrogens is 614 g/mol. The Labute approximate surface area is 248 Å². The number of aliphatic hydroxyl groups is 2. The molecule has 10 nitrogen and oxygen atoms in total. The first-order valence-corrected chi connectivity index (χ1v) is 14.9. The van der Waals surface area contributed by atoms with E-state index in [4.69, 9.17) is 75.6 Å². The van der Waals surface area contributed by atoms with Crippen molar-refractivity contribution < 1.29 is 27.7 Å². The topological polar surface area (TPSA) is 174 Å². The Morgan fingerprint density at radius 1 is 0.744 bits per heavy atom. The van der Waals surface area contributed by atoms with E-state index >= 15 is 0 Å². The molecule has 2 aliphatic rings. The molecule has 0 aromatic heterocycles. The van der Waals surface area contributed by atoms with Gasteiger partial charge in [-0.2, -0.15) is 8.42 Å². The summed E-state index contributed by atoms with van der Waals surface area (Å²) in [5, 5.41) is 24.4. The molecule has 2 saturated carbocycles. The van der Waals surface area contributed by atoms with Crippen LogP contribution in [0.4, 0.5) is 0 Å². The number of benzene rings is 2. The third-order valence-electron chi connectivity index (χ3n) is 6.17. The molecule has 0 radical (unpaired) electrons. The van der Waals surface area contributed by atoms with Crippen molar-refractivity contribution in [1.82, 2.24) is 10.0 Å². The van der Waals surface area contributed by atoms with Crippen LogP contribution in [-0.2, 0) is 10.4 Å². The van der Waals surface area contributed by atoms with Gasteiger partial charge in [0, 0.05) is 23.1 Å². The number of hydrogen-bond acceptors (Lipinski definition) is 8. The minimum absolute atomic E-state index is 0.375. The minimum atomic E-state index is -4.67. The highest BCUT2D eigenvalue weighted by atomic mass is 35.5. The Hall–Kier alpha value is -0.770. The first kappa shape index (κ1) is 34.4. The molecule has 0 amide bonds. The summed E-state index contributed by atoms with van der Waals surface area (Å²) in [6.45, 7) is 1.10. The minimum Gasteiger partial charge on any atom is -0.388 e. The Balaban J connectivity index is 0.000000234. The van der Waals surface area contributed by atoms with E-state index in [9.17, 15) is 10.2 Å². The van der Waals surface area contributed by atoms with Crippen LogP contribution in [0.5, 0.6) is 0 Å². The second-order valence-electron chi connectivity index (χ2n) is 9.32. The third-order valence-corrected chi connectivity index (χ3v) is 8.05. The van der Waals surface area contributed by atoms with Gasteiger partial charge in [0.15, 0.2) is 0 Å².